The monoisotopic (exact) mass is 158 g/mol. The molecular weight excluding hydrogens is 148 g/mol. The smallest absolute Gasteiger partial charge is 0.0919 e. The summed E-state index contributed by atoms with van der Waals surface area (Å²) in [6.07, 6.45) is 8.11. The van der Waals surface area contributed by atoms with Crippen LogP contribution in [0.5, 0.6) is 0 Å². The normalized spacial score (nSPS) is 39.5. The standard InChI is InChI=1S/C8H11ClO/c1-2-5-8(10)6-3-4-7(8)9/h1,7,10H,3-6H2. The van der Waals surface area contributed by atoms with Crippen LogP contribution >= 0.6 is 11.6 Å². The van der Waals surface area contributed by atoms with E-state index in [0.717, 1.165) is 19.3 Å². The van der Waals surface area contributed by atoms with E-state index < -0.39 is 5.60 Å². The van der Waals surface area contributed by atoms with Crippen molar-refractivity contribution >= 4 is 11.6 Å². The zero-order valence-electron chi connectivity index (χ0n) is 5.81. The Labute approximate surface area is 66.4 Å². The van der Waals surface area contributed by atoms with E-state index in [1.165, 1.54) is 0 Å². The Morgan fingerprint density at radius 1 is 1.80 bits per heavy atom. The summed E-state index contributed by atoms with van der Waals surface area (Å²) in [5.41, 5.74) is -0.768. The van der Waals surface area contributed by atoms with Crippen molar-refractivity contribution in [1.29, 1.82) is 0 Å². The van der Waals surface area contributed by atoms with Crippen LogP contribution in [0.15, 0.2) is 0 Å². The summed E-state index contributed by atoms with van der Waals surface area (Å²) in [6.45, 7) is 0. The van der Waals surface area contributed by atoms with Gasteiger partial charge < -0.3 is 5.11 Å². The first kappa shape index (κ1) is 7.91. The molecule has 1 aliphatic carbocycles. The zero-order chi connectivity index (χ0) is 7.61. The second kappa shape index (κ2) is 2.82. The number of halogens is 1. The lowest BCUT2D eigenvalue weighted by atomic mass is 9.98. The molecule has 1 N–H and O–H groups in total. The molecule has 1 fully saturated rings. The van der Waals surface area contributed by atoms with Crippen LogP contribution in [0.4, 0.5) is 0 Å². The van der Waals surface area contributed by atoms with Gasteiger partial charge in [0.05, 0.1) is 11.0 Å². The van der Waals surface area contributed by atoms with Gasteiger partial charge in [-0.3, -0.25) is 0 Å². The van der Waals surface area contributed by atoms with Crippen molar-refractivity contribution in [2.75, 3.05) is 0 Å². The van der Waals surface area contributed by atoms with Gasteiger partial charge in [0.15, 0.2) is 0 Å². The van der Waals surface area contributed by atoms with Crippen molar-refractivity contribution in [2.24, 2.45) is 0 Å². The second-order valence-corrected chi connectivity index (χ2v) is 3.37. The molecule has 1 rings (SSSR count). The van der Waals surface area contributed by atoms with Crippen LogP contribution in [0.3, 0.4) is 0 Å². The number of aliphatic hydroxyl groups is 1. The van der Waals surface area contributed by atoms with Gasteiger partial charge in [0.1, 0.15) is 0 Å². The Balaban J connectivity index is 2.58. The van der Waals surface area contributed by atoms with Crippen LogP contribution in [-0.2, 0) is 0 Å². The first-order valence-corrected chi connectivity index (χ1v) is 3.92. The summed E-state index contributed by atoms with van der Waals surface area (Å²) >= 11 is 5.85. The summed E-state index contributed by atoms with van der Waals surface area (Å²) in [6, 6.07) is 0. The van der Waals surface area contributed by atoms with Gasteiger partial charge in [-0.15, -0.1) is 23.9 Å². The molecule has 2 atom stereocenters. The van der Waals surface area contributed by atoms with Crippen LogP contribution in [0, 0.1) is 12.3 Å². The highest BCUT2D eigenvalue weighted by Gasteiger charge is 2.38. The van der Waals surface area contributed by atoms with Crippen molar-refractivity contribution in [3.63, 3.8) is 0 Å². The van der Waals surface area contributed by atoms with E-state index in [4.69, 9.17) is 18.0 Å². The summed E-state index contributed by atoms with van der Waals surface area (Å²) < 4.78 is 0. The fraction of sp³-hybridized carbons (Fsp3) is 0.750. The van der Waals surface area contributed by atoms with Gasteiger partial charge in [0, 0.05) is 6.42 Å². The number of hydrogen-bond acceptors (Lipinski definition) is 1. The highest BCUT2D eigenvalue weighted by atomic mass is 35.5. The van der Waals surface area contributed by atoms with E-state index in [9.17, 15) is 5.11 Å². The van der Waals surface area contributed by atoms with Crippen LogP contribution in [0.25, 0.3) is 0 Å². The average Bonchev–Trinajstić information content (AvgIpc) is 2.15. The molecule has 0 spiro atoms. The van der Waals surface area contributed by atoms with E-state index in [0.29, 0.717) is 6.42 Å². The van der Waals surface area contributed by atoms with Crippen molar-refractivity contribution in [2.45, 2.75) is 36.7 Å². The van der Waals surface area contributed by atoms with Gasteiger partial charge in [-0.1, -0.05) is 0 Å². The lowest BCUT2D eigenvalue weighted by Gasteiger charge is -2.22. The van der Waals surface area contributed by atoms with Crippen molar-refractivity contribution in [3.8, 4) is 12.3 Å². The highest BCUT2D eigenvalue weighted by molar-refractivity contribution is 6.21. The van der Waals surface area contributed by atoms with Crippen molar-refractivity contribution in [3.05, 3.63) is 0 Å². The number of rotatable bonds is 1. The fourth-order valence-corrected chi connectivity index (χ4v) is 1.73. The zero-order valence-corrected chi connectivity index (χ0v) is 6.56. The molecule has 2 heteroatoms. The molecule has 0 amide bonds. The SMILES string of the molecule is C#CCC1(O)CCCC1Cl. The van der Waals surface area contributed by atoms with Gasteiger partial charge in [-0.25, -0.2) is 0 Å². The van der Waals surface area contributed by atoms with E-state index in [-0.39, 0.29) is 5.38 Å². The maximum Gasteiger partial charge on any atom is 0.0919 e. The molecule has 0 radical (unpaired) electrons. The third kappa shape index (κ3) is 1.28. The Bertz CT molecular complexity index is 161. The minimum atomic E-state index is -0.768. The number of hydrogen-bond donors (Lipinski definition) is 1. The molecule has 0 bridgehead atoms. The minimum absolute atomic E-state index is 0.136. The largest absolute Gasteiger partial charge is 0.387 e. The minimum Gasteiger partial charge on any atom is -0.387 e. The maximum atomic E-state index is 9.69. The van der Waals surface area contributed by atoms with Crippen LogP contribution < -0.4 is 0 Å². The lowest BCUT2D eigenvalue weighted by Crippen LogP contribution is -2.33. The summed E-state index contributed by atoms with van der Waals surface area (Å²) in [4.78, 5) is 0. The molecule has 2 unspecified atom stereocenters. The van der Waals surface area contributed by atoms with E-state index >= 15 is 0 Å². The molecule has 1 aliphatic rings. The predicted molar refractivity (Wildman–Crippen MR) is 41.9 cm³/mol. The maximum absolute atomic E-state index is 9.69. The molecular formula is C8H11ClO. The highest BCUT2D eigenvalue weighted by Crippen LogP contribution is 2.36. The molecule has 0 aromatic rings. The van der Waals surface area contributed by atoms with E-state index in [1.54, 1.807) is 0 Å². The quantitative estimate of drug-likeness (QED) is 0.453. The number of alkyl halides is 1. The molecule has 1 saturated carbocycles. The Kier molecular flexibility index (Phi) is 2.23. The van der Waals surface area contributed by atoms with Crippen LogP contribution in [-0.4, -0.2) is 16.1 Å². The summed E-state index contributed by atoms with van der Waals surface area (Å²) in [7, 11) is 0. The number of terminal acetylenes is 1. The first-order chi connectivity index (χ1) is 4.69. The molecule has 0 saturated heterocycles. The third-order valence-corrected chi connectivity index (χ3v) is 2.68. The molecule has 0 heterocycles. The third-order valence-electron chi connectivity index (χ3n) is 2.06. The molecule has 0 aromatic heterocycles. The Morgan fingerprint density at radius 3 is 2.90 bits per heavy atom. The van der Waals surface area contributed by atoms with E-state index in [1.807, 2.05) is 0 Å². The fourth-order valence-electron chi connectivity index (χ4n) is 1.39. The summed E-state index contributed by atoms with van der Waals surface area (Å²) in [5.74, 6) is 2.45. The Hall–Kier alpha value is -0.190. The molecule has 10 heavy (non-hydrogen) atoms. The molecule has 1 nitrogen and oxygen atoms in total. The van der Waals surface area contributed by atoms with Crippen molar-refractivity contribution in [1.82, 2.24) is 0 Å². The summed E-state index contributed by atoms with van der Waals surface area (Å²) in [5, 5.41) is 9.55. The van der Waals surface area contributed by atoms with Gasteiger partial charge in [-0.2, -0.15) is 0 Å². The second-order valence-electron chi connectivity index (χ2n) is 2.84. The first-order valence-electron chi connectivity index (χ1n) is 3.49. The van der Waals surface area contributed by atoms with Gasteiger partial charge in [0.25, 0.3) is 0 Å². The van der Waals surface area contributed by atoms with Gasteiger partial charge >= 0.3 is 0 Å². The molecule has 56 valence electrons. The average molecular weight is 159 g/mol. The Morgan fingerprint density at radius 2 is 2.50 bits per heavy atom. The van der Waals surface area contributed by atoms with Gasteiger partial charge in [-0.05, 0) is 19.3 Å². The molecule has 0 aliphatic heterocycles. The lowest BCUT2D eigenvalue weighted by molar-refractivity contribution is 0.0566. The van der Waals surface area contributed by atoms with Crippen molar-refractivity contribution < 1.29 is 5.11 Å². The molecule has 0 aromatic carbocycles. The van der Waals surface area contributed by atoms with E-state index in [2.05, 4.69) is 5.92 Å². The van der Waals surface area contributed by atoms with Crippen LogP contribution in [0.1, 0.15) is 25.7 Å². The predicted octanol–water partition coefficient (Wildman–Crippen LogP) is 1.53. The topological polar surface area (TPSA) is 20.2 Å². The van der Waals surface area contributed by atoms with Gasteiger partial charge in [0.2, 0.25) is 0 Å². The van der Waals surface area contributed by atoms with Crippen LogP contribution in [0.2, 0.25) is 0 Å².